The number of aromatic nitrogens is 3. The van der Waals surface area contributed by atoms with Gasteiger partial charge in [0.25, 0.3) is 11.8 Å². The Balaban J connectivity index is 1.33. The van der Waals surface area contributed by atoms with Gasteiger partial charge in [0.1, 0.15) is 22.8 Å². The van der Waals surface area contributed by atoms with E-state index in [-0.39, 0.29) is 17.7 Å². The van der Waals surface area contributed by atoms with E-state index in [1.54, 1.807) is 38.3 Å². The molecule has 29 heavy (non-hydrogen) atoms. The number of hydrogen-bond donors (Lipinski definition) is 2. The fourth-order valence-corrected chi connectivity index (χ4v) is 3.67. The van der Waals surface area contributed by atoms with Crippen LogP contribution in [0.2, 0.25) is 0 Å². The molecule has 4 heterocycles. The van der Waals surface area contributed by atoms with Gasteiger partial charge in [-0.3, -0.25) is 14.7 Å². The maximum Gasteiger partial charge on any atom is 0.272 e. The van der Waals surface area contributed by atoms with Gasteiger partial charge in [-0.1, -0.05) is 5.16 Å². The van der Waals surface area contributed by atoms with E-state index >= 15 is 0 Å². The molecule has 1 saturated heterocycles. The molecule has 0 saturated carbocycles. The van der Waals surface area contributed by atoms with Crippen LogP contribution in [-0.4, -0.2) is 45.2 Å². The average molecular weight is 397 g/mol. The Morgan fingerprint density at radius 2 is 2.10 bits per heavy atom. The Kier molecular flexibility index (Phi) is 5.20. The number of rotatable bonds is 5. The molecular formula is C20H23N5O4. The minimum Gasteiger partial charge on any atom is -0.467 e. The second-order valence-electron chi connectivity index (χ2n) is 7.24. The number of amides is 2. The summed E-state index contributed by atoms with van der Waals surface area (Å²) in [5, 5.41) is 13.8. The molecule has 0 radical (unpaired) electrons. The molecule has 0 unspecified atom stereocenters. The van der Waals surface area contributed by atoms with Crippen molar-refractivity contribution in [1.29, 1.82) is 0 Å². The van der Waals surface area contributed by atoms with E-state index in [2.05, 4.69) is 20.7 Å². The molecule has 2 N–H and O–H groups in total. The minimum atomic E-state index is -0.255. The fourth-order valence-electron chi connectivity index (χ4n) is 3.67. The van der Waals surface area contributed by atoms with Gasteiger partial charge in [0.2, 0.25) is 0 Å². The van der Waals surface area contributed by atoms with Crippen molar-refractivity contribution in [3.05, 3.63) is 58.6 Å². The molecule has 1 aliphatic heterocycles. The molecule has 0 spiro atoms. The van der Waals surface area contributed by atoms with Crippen LogP contribution in [-0.2, 0) is 6.54 Å². The first-order valence-electron chi connectivity index (χ1n) is 9.61. The van der Waals surface area contributed by atoms with Crippen LogP contribution in [0.1, 0.15) is 62.5 Å². The van der Waals surface area contributed by atoms with Gasteiger partial charge in [-0.05, 0) is 44.9 Å². The van der Waals surface area contributed by atoms with Crippen LogP contribution < -0.4 is 5.32 Å². The highest BCUT2D eigenvalue weighted by Gasteiger charge is 2.29. The van der Waals surface area contributed by atoms with Gasteiger partial charge >= 0.3 is 0 Å². The molecule has 0 aliphatic carbocycles. The Bertz CT molecular complexity index is 977. The summed E-state index contributed by atoms with van der Waals surface area (Å²) >= 11 is 0. The largest absolute Gasteiger partial charge is 0.467 e. The number of aromatic amines is 1. The molecule has 2 amide bonds. The van der Waals surface area contributed by atoms with E-state index in [9.17, 15) is 9.59 Å². The minimum absolute atomic E-state index is 0.0395. The van der Waals surface area contributed by atoms with Gasteiger partial charge < -0.3 is 19.2 Å². The predicted octanol–water partition coefficient (Wildman–Crippen LogP) is 2.56. The molecule has 152 valence electrons. The standard InChI is InChI=1S/C20H23N5O4/c1-12-18(13(2)29-24-12)20(27)25-7-5-14(6-8-25)16-10-17(23-22-16)19(26)21-11-15-4-3-9-28-15/h3-4,9-10,14H,5-8,11H2,1-2H3,(H,21,26)(H,22,23). The van der Waals surface area contributed by atoms with Crippen LogP contribution in [0.5, 0.6) is 0 Å². The van der Waals surface area contributed by atoms with Gasteiger partial charge in [-0.15, -0.1) is 0 Å². The molecule has 9 nitrogen and oxygen atoms in total. The maximum atomic E-state index is 12.8. The second kappa shape index (κ2) is 7.94. The lowest BCUT2D eigenvalue weighted by Gasteiger charge is -2.31. The summed E-state index contributed by atoms with van der Waals surface area (Å²) in [6.45, 7) is 5.11. The monoisotopic (exact) mass is 397 g/mol. The van der Waals surface area contributed by atoms with Crippen molar-refractivity contribution in [2.24, 2.45) is 0 Å². The molecule has 3 aromatic rings. The Hall–Kier alpha value is -3.36. The van der Waals surface area contributed by atoms with E-state index in [1.807, 2.05) is 4.90 Å². The van der Waals surface area contributed by atoms with Crippen molar-refractivity contribution in [2.75, 3.05) is 13.1 Å². The Morgan fingerprint density at radius 1 is 1.31 bits per heavy atom. The predicted molar refractivity (Wildman–Crippen MR) is 102 cm³/mol. The van der Waals surface area contributed by atoms with Crippen molar-refractivity contribution in [2.45, 2.75) is 39.2 Å². The Morgan fingerprint density at radius 3 is 2.76 bits per heavy atom. The third-order valence-electron chi connectivity index (χ3n) is 5.30. The van der Waals surface area contributed by atoms with Crippen LogP contribution in [0.15, 0.2) is 33.4 Å². The molecule has 1 fully saturated rings. The summed E-state index contributed by atoms with van der Waals surface area (Å²) in [6, 6.07) is 5.36. The van der Waals surface area contributed by atoms with Gasteiger partial charge in [0, 0.05) is 24.7 Å². The summed E-state index contributed by atoms with van der Waals surface area (Å²) in [4.78, 5) is 26.9. The highest BCUT2D eigenvalue weighted by Crippen LogP contribution is 2.28. The zero-order chi connectivity index (χ0) is 20.4. The smallest absolute Gasteiger partial charge is 0.272 e. The SMILES string of the molecule is Cc1noc(C)c1C(=O)N1CCC(c2cc(C(=O)NCc3ccco3)n[nH]2)CC1. The number of aryl methyl sites for hydroxylation is 2. The first-order valence-corrected chi connectivity index (χ1v) is 9.61. The van der Waals surface area contributed by atoms with Crippen molar-refractivity contribution in [3.8, 4) is 0 Å². The molecule has 0 bridgehead atoms. The number of carbonyl (C=O) groups is 2. The van der Waals surface area contributed by atoms with Crippen LogP contribution in [0.25, 0.3) is 0 Å². The molecular weight excluding hydrogens is 374 g/mol. The van der Waals surface area contributed by atoms with E-state index in [0.29, 0.717) is 48.1 Å². The number of hydrogen-bond acceptors (Lipinski definition) is 6. The highest BCUT2D eigenvalue weighted by atomic mass is 16.5. The van der Waals surface area contributed by atoms with Crippen molar-refractivity contribution in [3.63, 3.8) is 0 Å². The van der Waals surface area contributed by atoms with E-state index in [4.69, 9.17) is 8.94 Å². The van der Waals surface area contributed by atoms with E-state index in [1.165, 1.54) is 0 Å². The highest BCUT2D eigenvalue weighted by molar-refractivity contribution is 5.96. The quantitative estimate of drug-likeness (QED) is 0.683. The van der Waals surface area contributed by atoms with E-state index in [0.717, 1.165) is 18.5 Å². The van der Waals surface area contributed by atoms with Gasteiger partial charge in [-0.25, -0.2) is 0 Å². The fraction of sp³-hybridized carbons (Fsp3) is 0.400. The molecule has 0 aromatic carbocycles. The first-order chi connectivity index (χ1) is 14.0. The topological polar surface area (TPSA) is 117 Å². The van der Waals surface area contributed by atoms with Crippen LogP contribution in [0, 0.1) is 13.8 Å². The number of piperidine rings is 1. The summed E-state index contributed by atoms with van der Waals surface area (Å²) in [6.07, 6.45) is 3.16. The van der Waals surface area contributed by atoms with Crippen molar-refractivity contribution in [1.82, 2.24) is 25.6 Å². The first kappa shape index (κ1) is 19.0. The summed E-state index contributed by atoms with van der Waals surface area (Å²) in [5.41, 5.74) is 2.44. The zero-order valence-corrected chi connectivity index (χ0v) is 16.4. The number of nitrogens with one attached hydrogen (secondary N) is 2. The molecule has 1 aliphatic rings. The average Bonchev–Trinajstić information content (AvgIpc) is 3.48. The zero-order valence-electron chi connectivity index (χ0n) is 16.4. The van der Waals surface area contributed by atoms with Crippen LogP contribution >= 0.6 is 0 Å². The summed E-state index contributed by atoms with van der Waals surface area (Å²) < 4.78 is 10.3. The third-order valence-corrected chi connectivity index (χ3v) is 5.30. The van der Waals surface area contributed by atoms with E-state index < -0.39 is 0 Å². The van der Waals surface area contributed by atoms with Crippen LogP contribution in [0.3, 0.4) is 0 Å². The van der Waals surface area contributed by atoms with Gasteiger partial charge in [-0.2, -0.15) is 5.10 Å². The third kappa shape index (κ3) is 3.94. The number of carbonyl (C=O) groups excluding carboxylic acids is 2. The second-order valence-corrected chi connectivity index (χ2v) is 7.24. The number of nitrogens with zero attached hydrogens (tertiary/aromatic N) is 3. The van der Waals surface area contributed by atoms with Gasteiger partial charge in [0.05, 0.1) is 18.5 Å². The number of likely N-dealkylation sites (tertiary alicyclic amines) is 1. The lowest BCUT2D eigenvalue weighted by atomic mass is 9.93. The lowest BCUT2D eigenvalue weighted by molar-refractivity contribution is 0.0709. The molecule has 4 rings (SSSR count). The molecule has 3 aromatic heterocycles. The van der Waals surface area contributed by atoms with Crippen molar-refractivity contribution >= 4 is 11.8 Å². The Labute approximate surface area is 167 Å². The summed E-state index contributed by atoms with van der Waals surface area (Å²) in [5.74, 6) is 1.16. The number of H-pyrrole nitrogens is 1. The maximum absolute atomic E-state index is 12.8. The van der Waals surface area contributed by atoms with Crippen molar-refractivity contribution < 1.29 is 18.5 Å². The summed E-state index contributed by atoms with van der Waals surface area (Å²) in [7, 11) is 0. The molecule has 9 heteroatoms. The van der Waals surface area contributed by atoms with Gasteiger partial charge in [0.15, 0.2) is 0 Å². The van der Waals surface area contributed by atoms with Crippen LogP contribution in [0.4, 0.5) is 0 Å². The normalized spacial score (nSPS) is 14.9. The molecule has 0 atom stereocenters. The number of furan rings is 1. The lowest BCUT2D eigenvalue weighted by Crippen LogP contribution is -2.38.